The van der Waals surface area contributed by atoms with Crippen molar-refractivity contribution in [1.82, 2.24) is 8.61 Å². The molecule has 0 radical (unpaired) electrons. The van der Waals surface area contributed by atoms with Crippen molar-refractivity contribution in [3.8, 4) is 0 Å². The van der Waals surface area contributed by atoms with Crippen LogP contribution in [0.3, 0.4) is 0 Å². The molecule has 0 unspecified atom stereocenters. The van der Waals surface area contributed by atoms with Gasteiger partial charge in [0.25, 0.3) is 10.2 Å². The summed E-state index contributed by atoms with van der Waals surface area (Å²) in [5.41, 5.74) is 5.76. The van der Waals surface area contributed by atoms with Gasteiger partial charge in [-0.1, -0.05) is 12.8 Å². The summed E-state index contributed by atoms with van der Waals surface area (Å²) in [7, 11) is -3.23. The van der Waals surface area contributed by atoms with Gasteiger partial charge in [-0.3, -0.25) is 0 Å². The predicted molar refractivity (Wildman–Crippen MR) is 63.1 cm³/mol. The Bertz CT molecular complexity index is 323. The molecule has 16 heavy (non-hydrogen) atoms. The van der Waals surface area contributed by atoms with E-state index in [1.54, 1.807) is 8.61 Å². The largest absolute Gasteiger partial charge is 0.326 e. The highest BCUT2D eigenvalue weighted by atomic mass is 32.2. The molecule has 0 bridgehead atoms. The third kappa shape index (κ3) is 2.56. The Kier molecular flexibility index (Phi) is 3.84. The van der Waals surface area contributed by atoms with Gasteiger partial charge in [0.2, 0.25) is 0 Å². The Morgan fingerprint density at radius 3 is 2.06 bits per heavy atom. The second-order valence-electron chi connectivity index (χ2n) is 4.73. The Hall–Kier alpha value is -0.170. The second-order valence-corrected chi connectivity index (χ2v) is 6.66. The van der Waals surface area contributed by atoms with Gasteiger partial charge in [-0.2, -0.15) is 17.0 Å². The van der Waals surface area contributed by atoms with Crippen LogP contribution in [0.4, 0.5) is 0 Å². The van der Waals surface area contributed by atoms with Gasteiger partial charge < -0.3 is 5.73 Å². The molecule has 0 saturated carbocycles. The van der Waals surface area contributed by atoms with Crippen LogP contribution >= 0.6 is 0 Å². The fourth-order valence-electron chi connectivity index (χ4n) is 2.40. The van der Waals surface area contributed by atoms with Gasteiger partial charge in [0.1, 0.15) is 0 Å². The first-order valence-electron chi connectivity index (χ1n) is 6.11. The molecule has 0 aliphatic carbocycles. The second kappa shape index (κ2) is 5.00. The van der Waals surface area contributed by atoms with Crippen molar-refractivity contribution in [1.29, 1.82) is 0 Å². The molecule has 0 aromatic rings. The summed E-state index contributed by atoms with van der Waals surface area (Å²) in [4.78, 5) is 0. The smallest absolute Gasteiger partial charge is 0.282 e. The van der Waals surface area contributed by atoms with Crippen molar-refractivity contribution in [3.05, 3.63) is 0 Å². The highest BCUT2D eigenvalue weighted by Gasteiger charge is 2.34. The van der Waals surface area contributed by atoms with E-state index in [0.29, 0.717) is 26.2 Å². The summed E-state index contributed by atoms with van der Waals surface area (Å²) in [5.74, 6) is 0. The molecule has 94 valence electrons. The van der Waals surface area contributed by atoms with Crippen LogP contribution in [-0.4, -0.2) is 49.2 Å². The highest BCUT2D eigenvalue weighted by Crippen LogP contribution is 2.19. The van der Waals surface area contributed by atoms with E-state index in [0.717, 1.165) is 32.1 Å². The Morgan fingerprint density at radius 1 is 0.938 bits per heavy atom. The number of nitrogens with zero attached hydrogens (tertiary/aromatic N) is 2. The lowest BCUT2D eigenvalue weighted by atomic mass is 10.2. The molecular formula is C10H21N3O2S. The van der Waals surface area contributed by atoms with Crippen LogP contribution in [0.15, 0.2) is 0 Å². The summed E-state index contributed by atoms with van der Waals surface area (Å²) in [6.45, 7) is 2.42. The average molecular weight is 247 g/mol. The molecular weight excluding hydrogens is 226 g/mol. The molecule has 2 N–H and O–H groups in total. The molecule has 2 rings (SSSR count). The van der Waals surface area contributed by atoms with Crippen LogP contribution in [0.5, 0.6) is 0 Å². The number of hydrogen-bond acceptors (Lipinski definition) is 3. The minimum atomic E-state index is -3.23. The number of rotatable bonds is 2. The summed E-state index contributed by atoms with van der Waals surface area (Å²) in [5, 5.41) is 0. The Balaban J connectivity index is 2.05. The zero-order valence-electron chi connectivity index (χ0n) is 9.64. The van der Waals surface area contributed by atoms with Crippen LogP contribution < -0.4 is 5.73 Å². The van der Waals surface area contributed by atoms with E-state index >= 15 is 0 Å². The van der Waals surface area contributed by atoms with E-state index < -0.39 is 10.2 Å². The summed E-state index contributed by atoms with van der Waals surface area (Å²) < 4.78 is 27.7. The third-order valence-corrected chi connectivity index (χ3v) is 5.41. The minimum Gasteiger partial charge on any atom is -0.326 e. The van der Waals surface area contributed by atoms with Gasteiger partial charge in [-0.05, 0) is 19.3 Å². The molecule has 1 atom stereocenters. The maximum atomic E-state index is 12.3. The first-order valence-corrected chi connectivity index (χ1v) is 7.51. The molecule has 0 amide bonds. The molecule has 2 aliphatic heterocycles. The van der Waals surface area contributed by atoms with E-state index in [9.17, 15) is 8.42 Å². The summed E-state index contributed by atoms with van der Waals surface area (Å²) >= 11 is 0. The van der Waals surface area contributed by atoms with Crippen LogP contribution in [0.1, 0.15) is 32.1 Å². The number of nitrogens with two attached hydrogens (primary N) is 1. The SMILES string of the molecule is N[C@H]1CCN(S(=O)(=O)N2CCCCCC2)C1. The monoisotopic (exact) mass is 247 g/mol. The quantitative estimate of drug-likeness (QED) is 0.755. The molecule has 2 saturated heterocycles. The van der Waals surface area contributed by atoms with Crippen LogP contribution in [0, 0.1) is 0 Å². The maximum Gasteiger partial charge on any atom is 0.282 e. The van der Waals surface area contributed by atoms with Crippen molar-refractivity contribution < 1.29 is 8.42 Å². The van der Waals surface area contributed by atoms with E-state index in [1.807, 2.05) is 0 Å². The van der Waals surface area contributed by atoms with Crippen LogP contribution in [0.2, 0.25) is 0 Å². The molecule has 2 aliphatic rings. The molecule has 2 fully saturated rings. The first-order chi connectivity index (χ1) is 7.60. The van der Waals surface area contributed by atoms with Crippen molar-refractivity contribution >= 4 is 10.2 Å². The predicted octanol–water partition coefficient (Wildman–Crippen LogP) is 0.140. The fourth-order valence-corrected chi connectivity index (χ4v) is 4.16. The molecule has 6 heteroatoms. The molecule has 2 heterocycles. The van der Waals surface area contributed by atoms with Gasteiger partial charge in [0.15, 0.2) is 0 Å². The van der Waals surface area contributed by atoms with Gasteiger partial charge in [0.05, 0.1) is 0 Å². The standard InChI is InChI=1S/C10H21N3O2S/c11-10-5-8-13(9-10)16(14,15)12-6-3-1-2-4-7-12/h10H,1-9,11H2/t10-/m0/s1. The van der Waals surface area contributed by atoms with E-state index in [4.69, 9.17) is 5.73 Å². The first kappa shape index (κ1) is 12.3. The lowest BCUT2D eigenvalue weighted by Crippen LogP contribution is -2.44. The third-order valence-electron chi connectivity index (χ3n) is 3.41. The van der Waals surface area contributed by atoms with Crippen LogP contribution in [0.25, 0.3) is 0 Å². The zero-order valence-corrected chi connectivity index (χ0v) is 10.5. The summed E-state index contributed by atoms with van der Waals surface area (Å²) in [6, 6.07) is 0.0155. The van der Waals surface area contributed by atoms with Crippen molar-refractivity contribution in [2.24, 2.45) is 5.73 Å². The fraction of sp³-hybridized carbons (Fsp3) is 1.00. The molecule has 0 aromatic carbocycles. The summed E-state index contributed by atoms with van der Waals surface area (Å²) in [6.07, 6.45) is 5.04. The minimum absolute atomic E-state index is 0.0155. The lowest BCUT2D eigenvalue weighted by molar-refractivity contribution is 0.365. The van der Waals surface area contributed by atoms with Crippen molar-refractivity contribution in [2.45, 2.75) is 38.1 Å². The average Bonchev–Trinajstić information content (AvgIpc) is 2.54. The molecule has 0 spiro atoms. The Labute approximate surface area is 97.8 Å². The molecule has 0 aromatic heterocycles. The maximum absolute atomic E-state index is 12.3. The Morgan fingerprint density at radius 2 is 1.56 bits per heavy atom. The highest BCUT2D eigenvalue weighted by molar-refractivity contribution is 7.86. The van der Waals surface area contributed by atoms with Gasteiger partial charge in [0, 0.05) is 32.2 Å². The van der Waals surface area contributed by atoms with Crippen molar-refractivity contribution in [2.75, 3.05) is 26.2 Å². The zero-order chi connectivity index (χ0) is 11.6. The molecule has 5 nitrogen and oxygen atoms in total. The number of hydrogen-bond donors (Lipinski definition) is 1. The van der Waals surface area contributed by atoms with Gasteiger partial charge in [-0.25, -0.2) is 0 Å². The van der Waals surface area contributed by atoms with Crippen LogP contribution in [-0.2, 0) is 10.2 Å². The lowest BCUT2D eigenvalue weighted by Gasteiger charge is -2.25. The van der Waals surface area contributed by atoms with E-state index in [-0.39, 0.29) is 6.04 Å². The normalized spacial score (nSPS) is 30.4. The van der Waals surface area contributed by atoms with Gasteiger partial charge >= 0.3 is 0 Å². The van der Waals surface area contributed by atoms with E-state index in [2.05, 4.69) is 0 Å². The topological polar surface area (TPSA) is 66.6 Å². The van der Waals surface area contributed by atoms with E-state index in [1.165, 1.54) is 0 Å². The van der Waals surface area contributed by atoms with Gasteiger partial charge in [-0.15, -0.1) is 0 Å². The van der Waals surface area contributed by atoms with Crippen molar-refractivity contribution in [3.63, 3.8) is 0 Å².